The molecule has 2 aromatic rings. The zero-order chi connectivity index (χ0) is 16.1. The molecule has 22 heavy (non-hydrogen) atoms. The van der Waals surface area contributed by atoms with Gasteiger partial charge in [0.2, 0.25) is 11.0 Å². The van der Waals surface area contributed by atoms with Crippen LogP contribution in [-0.2, 0) is 11.2 Å². The normalized spacial score (nSPS) is 13.6. The van der Waals surface area contributed by atoms with Crippen molar-refractivity contribution in [2.45, 2.75) is 39.7 Å². The standard InChI is InChI=1S/C16H22N4OS/c1-4-11(3)14(17)15(21)18-16-20-19-13(22-16)9-12-7-5-10(2)6-8-12/h5-8,11,14H,4,9,17H2,1-3H3,(H,18,20,21). The Hall–Kier alpha value is -1.79. The van der Waals surface area contributed by atoms with E-state index in [9.17, 15) is 4.79 Å². The van der Waals surface area contributed by atoms with Gasteiger partial charge in [0.1, 0.15) is 5.01 Å². The third-order valence-electron chi connectivity index (χ3n) is 3.73. The second-order valence-electron chi connectivity index (χ2n) is 5.56. The van der Waals surface area contributed by atoms with Crippen molar-refractivity contribution in [2.24, 2.45) is 11.7 Å². The van der Waals surface area contributed by atoms with Crippen molar-refractivity contribution >= 4 is 22.4 Å². The maximum atomic E-state index is 12.0. The average Bonchev–Trinajstić information content (AvgIpc) is 2.95. The quantitative estimate of drug-likeness (QED) is 0.858. The monoisotopic (exact) mass is 318 g/mol. The largest absolute Gasteiger partial charge is 0.320 e. The summed E-state index contributed by atoms with van der Waals surface area (Å²) < 4.78 is 0. The average molecular weight is 318 g/mol. The minimum Gasteiger partial charge on any atom is -0.320 e. The molecule has 6 heteroatoms. The summed E-state index contributed by atoms with van der Waals surface area (Å²) in [6.45, 7) is 6.04. The Bertz CT molecular complexity index is 623. The van der Waals surface area contributed by atoms with Crippen LogP contribution in [-0.4, -0.2) is 22.1 Å². The van der Waals surface area contributed by atoms with E-state index < -0.39 is 6.04 Å². The molecule has 0 aliphatic heterocycles. The second-order valence-corrected chi connectivity index (χ2v) is 6.63. The summed E-state index contributed by atoms with van der Waals surface area (Å²) in [5, 5.41) is 12.3. The third kappa shape index (κ3) is 4.35. The lowest BCUT2D eigenvalue weighted by atomic mass is 10.00. The van der Waals surface area contributed by atoms with Crippen molar-refractivity contribution in [3.63, 3.8) is 0 Å². The summed E-state index contributed by atoms with van der Waals surface area (Å²) in [5.41, 5.74) is 8.31. The first-order valence-corrected chi connectivity index (χ1v) is 8.25. The predicted molar refractivity (Wildman–Crippen MR) is 90.0 cm³/mol. The van der Waals surface area contributed by atoms with E-state index in [0.717, 1.165) is 11.4 Å². The summed E-state index contributed by atoms with van der Waals surface area (Å²) in [7, 11) is 0. The van der Waals surface area contributed by atoms with E-state index in [1.807, 2.05) is 13.8 Å². The minimum absolute atomic E-state index is 0.139. The Morgan fingerprint density at radius 1 is 1.32 bits per heavy atom. The first-order valence-electron chi connectivity index (χ1n) is 7.44. The van der Waals surface area contributed by atoms with Gasteiger partial charge in [0.05, 0.1) is 6.04 Å². The van der Waals surface area contributed by atoms with Crippen LogP contribution in [0.5, 0.6) is 0 Å². The predicted octanol–water partition coefficient (Wildman–Crippen LogP) is 2.75. The molecule has 1 aromatic carbocycles. The van der Waals surface area contributed by atoms with Crippen LogP contribution in [0, 0.1) is 12.8 Å². The van der Waals surface area contributed by atoms with Crippen molar-refractivity contribution < 1.29 is 4.79 Å². The van der Waals surface area contributed by atoms with Crippen molar-refractivity contribution in [3.05, 3.63) is 40.4 Å². The van der Waals surface area contributed by atoms with E-state index in [-0.39, 0.29) is 11.8 Å². The Balaban J connectivity index is 1.96. The van der Waals surface area contributed by atoms with Crippen LogP contribution >= 0.6 is 11.3 Å². The summed E-state index contributed by atoms with van der Waals surface area (Å²) in [6.07, 6.45) is 1.58. The Kier molecular flexibility index (Phi) is 5.63. The molecule has 1 aromatic heterocycles. The smallest absolute Gasteiger partial charge is 0.243 e. The Labute approximate surface area is 135 Å². The molecular formula is C16H22N4OS. The molecule has 0 aliphatic rings. The summed E-state index contributed by atoms with van der Waals surface area (Å²) in [4.78, 5) is 12.0. The van der Waals surface area contributed by atoms with E-state index in [2.05, 4.69) is 46.7 Å². The topological polar surface area (TPSA) is 80.9 Å². The molecule has 118 valence electrons. The molecule has 0 aliphatic carbocycles. The maximum absolute atomic E-state index is 12.0. The molecule has 0 fully saturated rings. The van der Waals surface area contributed by atoms with Gasteiger partial charge >= 0.3 is 0 Å². The maximum Gasteiger partial charge on any atom is 0.243 e. The van der Waals surface area contributed by atoms with Crippen molar-refractivity contribution in [1.29, 1.82) is 0 Å². The number of aromatic nitrogens is 2. The van der Waals surface area contributed by atoms with Crippen LogP contribution in [0.1, 0.15) is 36.4 Å². The van der Waals surface area contributed by atoms with E-state index in [0.29, 0.717) is 11.6 Å². The van der Waals surface area contributed by atoms with Gasteiger partial charge in [-0.05, 0) is 18.4 Å². The van der Waals surface area contributed by atoms with E-state index in [1.165, 1.54) is 22.5 Å². The Morgan fingerprint density at radius 2 is 2.00 bits per heavy atom. The molecule has 5 nitrogen and oxygen atoms in total. The first-order chi connectivity index (χ1) is 10.5. The molecule has 0 radical (unpaired) electrons. The fourth-order valence-corrected chi connectivity index (χ4v) is 2.73. The second kappa shape index (κ2) is 7.47. The highest BCUT2D eigenvalue weighted by atomic mass is 32.1. The van der Waals surface area contributed by atoms with Crippen LogP contribution in [0.25, 0.3) is 0 Å². The van der Waals surface area contributed by atoms with Gasteiger partial charge in [-0.1, -0.05) is 61.4 Å². The number of hydrogen-bond acceptors (Lipinski definition) is 5. The zero-order valence-corrected chi connectivity index (χ0v) is 14.0. The van der Waals surface area contributed by atoms with Crippen LogP contribution in [0.15, 0.2) is 24.3 Å². The van der Waals surface area contributed by atoms with Crippen LogP contribution < -0.4 is 11.1 Å². The molecule has 1 heterocycles. The third-order valence-corrected chi connectivity index (χ3v) is 4.57. The molecule has 0 bridgehead atoms. The number of hydrogen-bond donors (Lipinski definition) is 2. The lowest BCUT2D eigenvalue weighted by Gasteiger charge is -2.16. The number of carbonyl (C=O) groups is 1. The van der Waals surface area contributed by atoms with E-state index >= 15 is 0 Å². The molecule has 2 atom stereocenters. The van der Waals surface area contributed by atoms with Gasteiger partial charge in [-0.2, -0.15) is 0 Å². The van der Waals surface area contributed by atoms with Gasteiger partial charge in [-0.3, -0.25) is 10.1 Å². The number of benzene rings is 1. The lowest BCUT2D eigenvalue weighted by Crippen LogP contribution is -2.40. The van der Waals surface area contributed by atoms with Crippen molar-refractivity contribution in [1.82, 2.24) is 10.2 Å². The highest BCUT2D eigenvalue weighted by molar-refractivity contribution is 7.15. The SMILES string of the molecule is CCC(C)C(N)C(=O)Nc1nnc(Cc2ccc(C)cc2)s1. The summed E-state index contributed by atoms with van der Waals surface area (Å²) in [6, 6.07) is 7.78. The number of nitrogens with one attached hydrogen (secondary N) is 1. The van der Waals surface area contributed by atoms with Gasteiger partial charge in [-0.15, -0.1) is 10.2 Å². The molecule has 2 rings (SSSR count). The molecule has 0 saturated heterocycles. The molecule has 0 spiro atoms. The van der Waals surface area contributed by atoms with Gasteiger partial charge in [-0.25, -0.2) is 0 Å². The van der Waals surface area contributed by atoms with Crippen molar-refractivity contribution in [3.8, 4) is 0 Å². The van der Waals surface area contributed by atoms with Gasteiger partial charge in [0, 0.05) is 6.42 Å². The number of carbonyl (C=O) groups excluding carboxylic acids is 1. The lowest BCUT2D eigenvalue weighted by molar-refractivity contribution is -0.118. The molecule has 3 N–H and O–H groups in total. The van der Waals surface area contributed by atoms with Crippen LogP contribution in [0.3, 0.4) is 0 Å². The minimum atomic E-state index is -0.519. The van der Waals surface area contributed by atoms with Gasteiger partial charge in [0.15, 0.2) is 0 Å². The van der Waals surface area contributed by atoms with Gasteiger partial charge < -0.3 is 5.73 Å². The fourth-order valence-electron chi connectivity index (χ4n) is 1.96. The molecule has 2 unspecified atom stereocenters. The Morgan fingerprint density at radius 3 is 2.64 bits per heavy atom. The van der Waals surface area contributed by atoms with E-state index in [4.69, 9.17) is 5.73 Å². The van der Waals surface area contributed by atoms with Crippen molar-refractivity contribution in [2.75, 3.05) is 5.32 Å². The number of nitrogens with zero attached hydrogens (tertiary/aromatic N) is 2. The van der Waals surface area contributed by atoms with Gasteiger partial charge in [0.25, 0.3) is 0 Å². The van der Waals surface area contributed by atoms with Crippen LogP contribution in [0.4, 0.5) is 5.13 Å². The highest BCUT2D eigenvalue weighted by Gasteiger charge is 2.20. The number of nitrogens with two attached hydrogens (primary N) is 1. The first kappa shape index (κ1) is 16.6. The highest BCUT2D eigenvalue weighted by Crippen LogP contribution is 2.19. The fraction of sp³-hybridized carbons (Fsp3) is 0.438. The summed E-state index contributed by atoms with van der Waals surface area (Å²) >= 11 is 1.39. The van der Waals surface area contributed by atoms with Crippen LogP contribution in [0.2, 0.25) is 0 Å². The molecule has 1 amide bonds. The molecule has 0 saturated carbocycles. The number of amides is 1. The molecular weight excluding hydrogens is 296 g/mol. The summed E-state index contributed by atoms with van der Waals surface area (Å²) in [5.74, 6) is -0.0627. The number of anilines is 1. The number of rotatable bonds is 6. The van der Waals surface area contributed by atoms with E-state index in [1.54, 1.807) is 0 Å². The zero-order valence-electron chi connectivity index (χ0n) is 13.2. The number of aryl methyl sites for hydroxylation is 1.